The molecule has 0 unspecified atom stereocenters. The fourth-order valence-electron chi connectivity index (χ4n) is 8.87. The number of carbonyl (C=O) groups excluding carboxylic acids is 2. The van der Waals surface area contributed by atoms with Crippen molar-refractivity contribution in [1.29, 1.82) is 0 Å². The first-order chi connectivity index (χ1) is 23.2. The fourth-order valence-corrected chi connectivity index (χ4v) is 8.87. The first kappa shape index (κ1) is 32.4. The van der Waals surface area contributed by atoms with Gasteiger partial charge in [0, 0.05) is 31.2 Å². The minimum absolute atomic E-state index is 0.0116. The second-order valence-corrected chi connectivity index (χ2v) is 14.8. The number of para-hydroxylation sites is 2. The standard InChI is InChI=1S/C40H49N5O3/c1-29-41-35-16-10-11-17-36(35)45(29)34-26-32-18-19-33(27-34)44(32)25-22-40(31-14-8-5-9-15-31)20-23-43(24-21-40)37(46)39(2,3)42-38(47)48-28-30-12-6-4-7-13-30/h4-17,32-34H,18-28H2,1-3H3,(H,42,47)/t32-,33+,34+. The number of amides is 2. The molecule has 3 fully saturated rings. The number of hydrogen-bond donors (Lipinski definition) is 1. The van der Waals surface area contributed by atoms with Crippen molar-refractivity contribution >= 4 is 23.0 Å². The third kappa shape index (κ3) is 6.47. The topological polar surface area (TPSA) is 79.7 Å². The van der Waals surface area contributed by atoms with E-state index >= 15 is 0 Å². The van der Waals surface area contributed by atoms with Crippen LogP contribution < -0.4 is 5.32 Å². The van der Waals surface area contributed by atoms with Gasteiger partial charge in [-0.05, 0) is 101 Å². The molecule has 1 N–H and O–H groups in total. The number of aryl methyl sites for hydroxylation is 1. The van der Waals surface area contributed by atoms with Gasteiger partial charge in [-0.3, -0.25) is 9.69 Å². The molecule has 3 aliphatic heterocycles. The lowest BCUT2D eigenvalue weighted by atomic mass is 9.70. The van der Waals surface area contributed by atoms with Crippen LogP contribution in [-0.2, 0) is 21.6 Å². The first-order valence-corrected chi connectivity index (χ1v) is 17.8. The van der Waals surface area contributed by atoms with Crippen LogP contribution in [0, 0.1) is 6.92 Å². The maximum Gasteiger partial charge on any atom is 0.408 e. The zero-order valence-corrected chi connectivity index (χ0v) is 28.6. The van der Waals surface area contributed by atoms with Crippen LogP contribution in [0.3, 0.4) is 0 Å². The van der Waals surface area contributed by atoms with Gasteiger partial charge in [-0.2, -0.15) is 0 Å². The summed E-state index contributed by atoms with van der Waals surface area (Å²) >= 11 is 0. The zero-order chi connectivity index (χ0) is 33.3. The summed E-state index contributed by atoms with van der Waals surface area (Å²) in [6.07, 6.45) is 7.20. The van der Waals surface area contributed by atoms with Gasteiger partial charge in [0.25, 0.3) is 0 Å². The number of fused-ring (bicyclic) bond motifs is 3. The molecule has 48 heavy (non-hydrogen) atoms. The van der Waals surface area contributed by atoms with Crippen molar-refractivity contribution in [2.45, 2.75) is 101 Å². The fraction of sp³-hybridized carbons (Fsp3) is 0.475. The number of rotatable bonds is 9. The van der Waals surface area contributed by atoms with Gasteiger partial charge in [0.1, 0.15) is 18.0 Å². The smallest absolute Gasteiger partial charge is 0.408 e. The van der Waals surface area contributed by atoms with E-state index in [9.17, 15) is 9.59 Å². The van der Waals surface area contributed by atoms with Crippen molar-refractivity contribution in [3.63, 3.8) is 0 Å². The molecule has 0 aliphatic carbocycles. The van der Waals surface area contributed by atoms with Crippen molar-refractivity contribution < 1.29 is 14.3 Å². The van der Waals surface area contributed by atoms with Crippen LogP contribution in [0.25, 0.3) is 11.0 Å². The number of ether oxygens (including phenoxy) is 1. The maximum atomic E-state index is 13.8. The van der Waals surface area contributed by atoms with E-state index in [0.717, 1.165) is 42.7 Å². The quantitative estimate of drug-likeness (QED) is 0.209. The van der Waals surface area contributed by atoms with E-state index < -0.39 is 11.6 Å². The maximum absolute atomic E-state index is 13.8. The molecule has 8 heteroatoms. The van der Waals surface area contributed by atoms with Crippen LogP contribution in [-0.4, -0.2) is 68.6 Å². The zero-order valence-electron chi connectivity index (χ0n) is 28.6. The molecule has 3 atom stereocenters. The largest absolute Gasteiger partial charge is 0.445 e. The van der Waals surface area contributed by atoms with Gasteiger partial charge in [-0.25, -0.2) is 9.78 Å². The minimum atomic E-state index is -1.07. The Hall–Kier alpha value is -4.17. The number of hydrogen-bond acceptors (Lipinski definition) is 5. The molecule has 4 heterocycles. The highest BCUT2D eigenvalue weighted by Crippen LogP contribution is 2.45. The van der Waals surface area contributed by atoms with Crippen LogP contribution in [0.5, 0.6) is 0 Å². The molecule has 3 saturated heterocycles. The molecule has 7 rings (SSSR count). The predicted molar refractivity (Wildman–Crippen MR) is 189 cm³/mol. The molecule has 252 valence electrons. The summed E-state index contributed by atoms with van der Waals surface area (Å²) in [7, 11) is 0. The van der Waals surface area contributed by atoms with Gasteiger partial charge in [-0.1, -0.05) is 72.8 Å². The molecule has 0 saturated carbocycles. The van der Waals surface area contributed by atoms with E-state index in [4.69, 9.17) is 9.72 Å². The number of imidazole rings is 1. The van der Waals surface area contributed by atoms with E-state index in [-0.39, 0.29) is 17.9 Å². The Labute approximate surface area is 284 Å². The van der Waals surface area contributed by atoms with Gasteiger partial charge in [-0.15, -0.1) is 0 Å². The van der Waals surface area contributed by atoms with E-state index in [1.54, 1.807) is 13.8 Å². The highest BCUT2D eigenvalue weighted by molar-refractivity contribution is 5.89. The van der Waals surface area contributed by atoms with E-state index in [0.29, 0.717) is 31.2 Å². The summed E-state index contributed by atoms with van der Waals surface area (Å²) in [6, 6.07) is 30.8. The number of nitrogens with one attached hydrogen (secondary N) is 1. The number of alkyl carbamates (subject to hydrolysis) is 1. The minimum Gasteiger partial charge on any atom is -0.445 e. The lowest BCUT2D eigenvalue weighted by Gasteiger charge is -2.46. The summed E-state index contributed by atoms with van der Waals surface area (Å²) in [5, 5.41) is 2.82. The van der Waals surface area contributed by atoms with Crippen LogP contribution in [0.4, 0.5) is 4.79 Å². The average Bonchev–Trinajstić information content (AvgIpc) is 3.57. The SMILES string of the molecule is Cc1nc2ccccc2n1[C@H]1C[C@H]2CC[C@@H](C1)N2CCC1(c2ccccc2)CCN(C(=O)C(C)(C)NC(=O)OCc2ccccc2)CC1. The second-order valence-electron chi connectivity index (χ2n) is 14.8. The van der Waals surface area contributed by atoms with Gasteiger partial charge in [0.15, 0.2) is 0 Å². The van der Waals surface area contributed by atoms with Crippen molar-refractivity contribution in [2.24, 2.45) is 0 Å². The molecular formula is C40H49N5O3. The third-order valence-corrected chi connectivity index (χ3v) is 11.4. The molecule has 0 radical (unpaired) electrons. The van der Waals surface area contributed by atoms with Crippen molar-refractivity contribution in [3.05, 3.63) is 102 Å². The van der Waals surface area contributed by atoms with Gasteiger partial charge in [0.2, 0.25) is 5.91 Å². The lowest BCUT2D eigenvalue weighted by Crippen LogP contribution is -2.58. The molecular weight excluding hydrogens is 598 g/mol. The number of carbonyl (C=O) groups is 2. The van der Waals surface area contributed by atoms with Crippen LogP contribution in [0.1, 0.15) is 81.8 Å². The van der Waals surface area contributed by atoms with Crippen molar-refractivity contribution in [3.8, 4) is 0 Å². The average molecular weight is 648 g/mol. The molecule has 4 aromatic rings. The molecule has 2 amide bonds. The monoisotopic (exact) mass is 647 g/mol. The molecule has 2 bridgehead atoms. The highest BCUT2D eigenvalue weighted by atomic mass is 16.5. The van der Waals surface area contributed by atoms with E-state index in [2.05, 4.69) is 76.3 Å². The summed E-state index contributed by atoms with van der Waals surface area (Å²) in [6.45, 7) is 8.27. The lowest BCUT2D eigenvalue weighted by molar-refractivity contribution is -0.138. The van der Waals surface area contributed by atoms with Crippen molar-refractivity contribution in [2.75, 3.05) is 19.6 Å². The van der Waals surface area contributed by atoms with E-state index in [1.165, 1.54) is 36.8 Å². The highest BCUT2D eigenvalue weighted by Gasteiger charge is 2.45. The van der Waals surface area contributed by atoms with Crippen LogP contribution in [0.15, 0.2) is 84.9 Å². The third-order valence-electron chi connectivity index (χ3n) is 11.4. The Bertz CT molecular complexity index is 1710. The molecule has 3 aromatic carbocycles. The number of piperidine rings is 2. The van der Waals surface area contributed by atoms with Crippen LogP contribution >= 0.6 is 0 Å². The van der Waals surface area contributed by atoms with Crippen molar-refractivity contribution in [1.82, 2.24) is 24.7 Å². The molecule has 1 aromatic heterocycles. The number of benzene rings is 3. The molecule has 3 aliphatic rings. The van der Waals surface area contributed by atoms with E-state index in [1.807, 2.05) is 35.2 Å². The summed E-state index contributed by atoms with van der Waals surface area (Å²) < 4.78 is 7.94. The summed E-state index contributed by atoms with van der Waals surface area (Å²) in [5.41, 5.74) is 3.59. The number of aromatic nitrogens is 2. The van der Waals surface area contributed by atoms with Gasteiger partial charge < -0.3 is 19.5 Å². The van der Waals surface area contributed by atoms with Gasteiger partial charge in [0.05, 0.1) is 11.0 Å². The Kier molecular flexibility index (Phi) is 9.03. The number of likely N-dealkylation sites (tertiary alicyclic amines) is 1. The Morgan fingerprint density at radius 3 is 2.19 bits per heavy atom. The Morgan fingerprint density at radius 1 is 0.875 bits per heavy atom. The second kappa shape index (κ2) is 13.4. The van der Waals surface area contributed by atoms with Crippen LogP contribution in [0.2, 0.25) is 0 Å². The molecule has 0 spiro atoms. The first-order valence-electron chi connectivity index (χ1n) is 17.8. The Balaban J connectivity index is 0.990. The molecule has 8 nitrogen and oxygen atoms in total. The summed E-state index contributed by atoms with van der Waals surface area (Å²) in [4.78, 5) is 36.0. The summed E-state index contributed by atoms with van der Waals surface area (Å²) in [5.74, 6) is 1.06. The van der Waals surface area contributed by atoms with Gasteiger partial charge >= 0.3 is 6.09 Å². The Morgan fingerprint density at radius 2 is 1.50 bits per heavy atom. The normalized spacial score (nSPS) is 22.5. The predicted octanol–water partition coefficient (Wildman–Crippen LogP) is 7.17. The number of nitrogens with zero attached hydrogens (tertiary/aromatic N) is 4.